The number of aryl methyl sites for hydroxylation is 1. The van der Waals surface area contributed by atoms with Gasteiger partial charge in [0, 0.05) is 37.6 Å². The summed E-state index contributed by atoms with van der Waals surface area (Å²) in [5.74, 6) is -0.211. The lowest BCUT2D eigenvalue weighted by atomic mass is 10.1. The molecule has 0 aliphatic heterocycles. The van der Waals surface area contributed by atoms with Gasteiger partial charge in [-0.3, -0.25) is 9.78 Å². The van der Waals surface area contributed by atoms with Crippen molar-refractivity contribution in [2.75, 3.05) is 18.1 Å². The van der Waals surface area contributed by atoms with Gasteiger partial charge >= 0.3 is 0 Å². The van der Waals surface area contributed by atoms with Gasteiger partial charge in [-0.1, -0.05) is 12.1 Å². The number of rotatable bonds is 7. The monoisotopic (exact) mass is 361 g/mol. The lowest BCUT2D eigenvalue weighted by molar-refractivity contribution is -0.116. The van der Waals surface area contributed by atoms with Crippen molar-refractivity contribution in [3.05, 3.63) is 59.4 Å². The Hall–Kier alpha value is -2.25. The molecule has 7 heteroatoms. The summed E-state index contributed by atoms with van der Waals surface area (Å²) in [7, 11) is -3.41. The number of anilines is 1. The first-order valence-electron chi connectivity index (χ1n) is 7.97. The molecule has 1 heterocycles. The van der Waals surface area contributed by atoms with Crippen molar-refractivity contribution in [3.8, 4) is 0 Å². The van der Waals surface area contributed by atoms with E-state index in [1.54, 1.807) is 24.5 Å². The van der Waals surface area contributed by atoms with Crippen LogP contribution in [0.1, 0.15) is 23.1 Å². The quantitative estimate of drug-likeness (QED) is 0.822. The zero-order chi connectivity index (χ0) is 18.4. The van der Waals surface area contributed by atoms with Crippen LogP contribution in [0, 0.1) is 13.8 Å². The van der Waals surface area contributed by atoms with E-state index in [9.17, 15) is 13.2 Å². The first kappa shape index (κ1) is 19.1. The third-order valence-corrected chi connectivity index (χ3v) is 5.29. The lowest BCUT2D eigenvalue weighted by Gasteiger charge is -2.20. The van der Waals surface area contributed by atoms with E-state index in [2.05, 4.69) is 10.3 Å². The molecular formula is C18H23N3O3S. The maximum atomic E-state index is 12.2. The van der Waals surface area contributed by atoms with Crippen LogP contribution in [0.5, 0.6) is 0 Å². The van der Waals surface area contributed by atoms with Crippen LogP contribution >= 0.6 is 0 Å². The van der Waals surface area contributed by atoms with Crippen molar-refractivity contribution < 1.29 is 13.2 Å². The Balaban J connectivity index is 2.00. The smallest absolute Gasteiger partial charge is 0.225 e. The fourth-order valence-corrected chi connectivity index (χ4v) is 3.19. The van der Waals surface area contributed by atoms with Gasteiger partial charge in [0.25, 0.3) is 0 Å². The molecule has 0 radical (unpaired) electrons. The van der Waals surface area contributed by atoms with Crippen LogP contribution in [0.4, 0.5) is 5.69 Å². The highest BCUT2D eigenvalue weighted by molar-refractivity contribution is 7.88. The molecule has 6 nitrogen and oxygen atoms in total. The molecule has 0 saturated carbocycles. The number of hydrogen-bond donors (Lipinski definition) is 1. The van der Waals surface area contributed by atoms with E-state index in [4.69, 9.17) is 0 Å². The fourth-order valence-electron chi connectivity index (χ4n) is 2.38. The molecule has 0 bridgehead atoms. The second-order valence-electron chi connectivity index (χ2n) is 6.00. The molecule has 1 aromatic carbocycles. The second kappa shape index (κ2) is 8.22. The summed E-state index contributed by atoms with van der Waals surface area (Å²) in [5.41, 5.74) is 3.68. The molecule has 1 N–H and O–H groups in total. The number of sulfonamides is 1. The Morgan fingerprint density at radius 2 is 1.84 bits per heavy atom. The number of benzene rings is 1. The average Bonchev–Trinajstić information content (AvgIpc) is 2.55. The molecule has 0 unspecified atom stereocenters. The summed E-state index contributed by atoms with van der Waals surface area (Å²) in [6.07, 6.45) is 4.47. The highest BCUT2D eigenvalue weighted by atomic mass is 32.2. The minimum absolute atomic E-state index is 0.0888. The van der Waals surface area contributed by atoms with E-state index in [0.29, 0.717) is 0 Å². The van der Waals surface area contributed by atoms with E-state index in [0.717, 1.165) is 28.6 Å². The first-order valence-corrected chi connectivity index (χ1v) is 9.82. The third kappa shape index (κ3) is 5.65. The molecule has 0 fully saturated rings. The van der Waals surface area contributed by atoms with Crippen LogP contribution in [0.15, 0.2) is 42.7 Å². The Labute approximate surface area is 148 Å². The molecule has 0 atom stereocenters. The number of hydrogen-bond acceptors (Lipinski definition) is 4. The van der Waals surface area contributed by atoms with E-state index in [1.165, 1.54) is 4.31 Å². The fraction of sp³-hybridized carbons (Fsp3) is 0.333. The number of nitrogens with one attached hydrogen (secondary N) is 1. The molecule has 1 aromatic heterocycles. The van der Waals surface area contributed by atoms with E-state index < -0.39 is 10.0 Å². The molecule has 2 aromatic rings. The second-order valence-corrected chi connectivity index (χ2v) is 7.98. The van der Waals surface area contributed by atoms with Crippen molar-refractivity contribution in [2.45, 2.75) is 26.8 Å². The molecule has 0 saturated heterocycles. The SMILES string of the molecule is Cc1cccc(NC(=O)CCN(Cc2ccncc2)S(C)(=O)=O)c1C. The predicted octanol–water partition coefficient (Wildman–Crippen LogP) is 2.49. The van der Waals surface area contributed by atoms with Gasteiger partial charge in [-0.05, 0) is 48.7 Å². The van der Waals surface area contributed by atoms with Crippen LogP contribution in [-0.4, -0.2) is 36.4 Å². The van der Waals surface area contributed by atoms with E-state index >= 15 is 0 Å². The molecule has 25 heavy (non-hydrogen) atoms. The summed E-state index contributed by atoms with van der Waals surface area (Å²) in [6.45, 7) is 4.26. The molecular weight excluding hydrogens is 338 g/mol. The van der Waals surface area contributed by atoms with Crippen LogP contribution < -0.4 is 5.32 Å². The Morgan fingerprint density at radius 3 is 2.48 bits per heavy atom. The maximum absolute atomic E-state index is 12.2. The zero-order valence-electron chi connectivity index (χ0n) is 14.7. The Bertz CT molecular complexity index is 836. The van der Waals surface area contributed by atoms with E-state index in [-0.39, 0.29) is 25.4 Å². The van der Waals surface area contributed by atoms with E-state index in [1.807, 2.05) is 32.0 Å². The normalized spacial score (nSPS) is 11.5. The van der Waals surface area contributed by atoms with Gasteiger partial charge in [0.15, 0.2) is 0 Å². The number of amides is 1. The molecule has 134 valence electrons. The van der Waals surface area contributed by atoms with Crippen molar-refractivity contribution in [2.24, 2.45) is 0 Å². The van der Waals surface area contributed by atoms with Gasteiger partial charge in [-0.2, -0.15) is 4.31 Å². The summed E-state index contributed by atoms with van der Waals surface area (Å²) in [6, 6.07) is 9.21. The number of pyridine rings is 1. The molecule has 0 spiro atoms. The van der Waals surface area contributed by atoms with Crippen molar-refractivity contribution in [3.63, 3.8) is 0 Å². The van der Waals surface area contributed by atoms with Crippen LogP contribution in [0.2, 0.25) is 0 Å². The zero-order valence-corrected chi connectivity index (χ0v) is 15.5. The largest absolute Gasteiger partial charge is 0.326 e. The molecule has 0 aliphatic rings. The molecule has 1 amide bonds. The number of nitrogens with zero attached hydrogens (tertiary/aromatic N) is 2. The van der Waals surface area contributed by atoms with Crippen molar-refractivity contribution >= 4 is 21.6 Å². The first-order chi connectivity index (χ1) is 11.8. The number of carbonyl (C=O) groups excluding carboxylic acids is 1. The maximum Gasteiger partial charge on any atom is 0.225 e. The summed E-state index contributed by atoms with van der Waals surface area (Å²) < 4.78 is 25.3. The van der Waals surface area contributed by atoms with Gasteiger partial charge in [0.1, 0.15) is 0 Å². The van der Waals surface area contributed by atoms with Gasteiger partial charge in [0.05, 0.1) is 6.26 Å². The highest BCUT2D eigenvalue weighted by Crippen LogP contribution is 2.18. The number of carbonyl (C=O) groups is 1. The van der Waals surface area contributed by atoms with Crippen LogP contribution in [0.25, 0.3) is 0 Å². The van der Waals surface area contributed by atoms with Gasteiger partial charge in [0.2, 0.25) is 15.9 Å². The van der Waals surface area contributed by atoms with Gasteiger partial charge < -0.3 is 5.32 Å². The van der Waals surface area contributed by atoms with Gasteiger partial charge in [-0.15, -0.1) is 0 Å². The highest BCUT2D eigenvalue weighted by Gasteiger charge is 2.18. The molecule has 0 aliphatic carbocycles. The minimum Gasteiger partial charge on any atom is -0.326 e. The minimum atomic E-state index is -3.41. The van der Waals surface area contributed by atoms with Crippen LogP contribution in [0.3, 0.4) is 0 Å². The summed E-state index contributed by atoms with van der Waals surface area (Å²) in [4.78, 5) is 16.1. The van der Waals surface area contributed by atoms with Crippen LogP contribution in [-0.2, 0) is 21.4 Å². The predicted molar refractivity (Wildman–Crippen MR) is 98.7 cm³/mol. The topological polar surface area (TPSA) is 79.4 Å². The third-order valence-electron chi connectivity index (χ3n) is 4.04. The summed E-state index contributed by atoms with van der Waals surface area (Å²) >= 11 is 0. The molecule has 2 rings (SSSR count). The standard InChI is InChI=1S/C18H23N3O3S/c1-14-5-4-6-17(15(14)2)20-18(22)9-12-21(25(3,23)24)13-16-7-10-19-11-8-16/h4-8,10-11H,9,12-13H2,1-3H3,(H,20,22). The van der Waals surface area contributed by atoms with Gasteiger partial charge in [-0.25, -0.2) is 8.42 Å². The van der Waals surface area contributed by atoms with Crippen molar-refractivity contribution in [1.82, 2.24) is 9.29 Å². The summed E-state index contributed by atoms with van der Waals surface area (Å²) in [5, 5.41) is 2.85. The lowest BCUT2D eigenvalue weighted by Crippen LogP contribution is -2.32. The van der Waals surface area contributed by atoms with Crippen molar-refractivity contribution in [1.29, 1.82) is 0 Å². The average molecular weight is 361 g/mol. The Kier molecular flexibility index (Phi) is 6.27. The number of aromatic nitrogens is 1. The Morgan fingerprint density at radius 1 is 1.16 bits per heavy atom.